The zero-order valence-corrected chi connectivity index (χ0v) is 16.3. The van der Waals surface area contributed by atoms with Crippen LogP contribution in [0.15, 0.2) is 47.5 Å². The molecular formula is C20H20FN5O4. The van der Waals surface area contributed by atoms with Crippen LogP contribution in [-0.4, -0.2) is 44.3 Å². The molecule has 2 aromatic rings. The highest BCUT2D eigenvalue weighted by Crippen LogP contribution is 2.29. The van der Waals surface area contributed by atoms with Gasteiger partial charge in [0, 0.05) is 12.7 Å². The average molecular weight is 413 g/mol. The van der Waals surface area contributed by atoms with Crippen molar-refractivity contribution in [2.45, 2.75) is 5.54 Å². The Morgan fingerprint density at radius 3 is 2.47 bits per heavy atom. The van der Waals surface area contributed by atoms with Crippen molar-refractivity contribution >= 4 is 29.1 Å². The molecule has 0 saturated carbocycles. The van der Waals surface area contributed by atoms with E-state index in [1.54, 1.807) is 12.1 Å². The molecule has 0 spiro atoms. The normalized spacial score (nSPS) is 17.8. The van der Waals surface area contributed by atoms with Crippen LogP contribution >= 0.6 is 0 Å². The summed E-state index contributed by atoms with van der Waals surface area (Å²) in [4.78, 5) is 41.1. The molecule has 30 heavy (non-hydrogen) atoms. The molecular weight excluding hydrogens is 393 g/mol. The van der Waals surface area contributed by atoms with E-state index < -0.39 is 29.1 Å². The minimum absolute atomic E-state index is 0.0293. The third-order valence-electron chi connectivity index (χ3n) is 4.74. The number of carbonyl (C=O) groups excluding carboxylic acids is 3. The summed E-state index contributed by atoms with van der Waals surface area (Å²) in [5.41, 5.74) is 4.77. The zero-order valence-electron chi connectivity index (χ0n) is 16.3. The first-order chi connectivity index (χ1) is 14.3. The molecule has 3 rings (SSSR count). The van der Waals surface area contributed by atoms with Gasteiger partial charge < -0.3 is 21.1 Å². The quantitative estimate of drug-likeness (QED) is 0.548. The van der Waals surface area contributed by atoms with E-state index in [0.29, 0.717) is 11.3 Å². The number of primary amides is 1. The van der Waals surface area contributed by atoms with E-state index in [4.69, 9.17) is 10.5 Å². The van der Waals surface area contributed by atoms with Gasteiger partial charge in [-0.25, -0.2) is 4.39 Å². The highest BCUT2D eigenvalue weighted by atomic mass is 19.1. The second-order valence-corrected chi connectivity index (χ2v) is 6.39. The van der Waals surface area contributed by atoms with Gasteiger partial charge in [0.2, 0.25) is 5.91 Å². The lowest BCUT2D eigenvalue weighted by Crippen LogP contribution is -2.58. The molecule has 1 aliphatic rings. The lowest BCUT2D eigenvalue weighted by Gasteiger charge is -2.27. The summed E-state index contributed by atoms with van der Waals surface area (Å²) < 4.78 is 18.8. The minimum atomic E-state index is -1.59. The number of methoxy groups -OCH3 is 1. The van der Waals surface area contributed by atoms with E-state index in [-0.39, 0.29) is 23.7 Å². The van der Waals surface area contributed by atoms with Crippen LogP contribution in [0.5, 0.6) is 5.75 Å². The van der Waals surface area contributed by atoms with Crippen LogP contribution in [0.2, 0.25) is 0 Å². The summed E-state index contributed by atoms with van der Waals surface area (Å²) in [6.45, 7) is 0.0452. The number of ether oxygens (including phenoxy) is 1. The Morgan fingerprint density at radius 2 is 1.87 bits per heavy atom. The first-order valence-corrected chi connectivity index (χ1v) is 8.91. The second-order valence-electron chi connectivity index (χ2n) is 6.39. The van der Waals surface area contributed by atoms with E-state index in [1.165, 1.54) is 44.5 Å². The molecule has 1 unspecified atom stereocenters. The number of halogens is 1. The Kier molecular flexibility index (Phi) is 5.79. The van der Waals surface area contributed by atoms with E-state index in [0.717, 1.165) is 0 Å². The van der Waals surface area contributed by atoms with Crippen LogP contribution < -0.4 is 26.4 Å². The third-order valence-corrected chi connectivity index (χ3v) is 4.74. The van der Waals surface area contributed by atoms with Gasteiger partial charge in [0.25, 0.3) is 11.8 Å². The maximum absolute atomic E-state index is 13.8. The van der Waals surface area contributed by atoms with Crippen molar-refractivity contribution in [3.8, 4) is 5.75 Å². The number of nitrogens with one attached hydrogen (secondary N) is 3. The minimum Gasteiger partial charge on any atom is -0.493 e. The lowest BCUT2D eigenvalue weighted by molar-refractivity contribution is -0.123. The number of hydrogen-bond donors (Lipinski definition) is 4. The number of para-hydroxylation sites is 1. The highest BCUT2D eigenvalue weighted by Gasteiger charge is 2.49. The van der Waals surface area contributed by atoms with Crippen LogP contribution in [0.3, 0.4) is 0 Å². The number of nitrogens with zero attached hydrogens (tertiary/aromatic N) is 1. The van der Waals surface area contributed by atoms with Crippen LogP contribution in [-0.2, 0) is 15.1 Å². The van der Waals surface area contributed by atoms with Crippen molar-refractivity contribution in [3.05, 3.63) is 59.4 Å². The molecule has 0 fully saturated rings. The fourth-order valence-electron chi connectivity index (χ4n) is 3.28. The van der Waals surface area contributed by atoms with Crippen LogP contribution in [0.25, 0.3) is 0 Å². The van der Waals surface area contributed by atoms with Crippen molar-refractivity contribution in [1.82, 2.24) is 10.6 Å². The fraction of sp³-hybridized carbons (Fsp3) is 0.200. The maximum Gasteiger partial charge on any atom is 0.267 e. The van der Waals surface area contributed by atoms with Crippen molar-refractivity contribution in [2.75, 3.05) is 26.1 Å². The van der Waals surface area contributed by atoms with E-state index in [9.17, 15) is 18.8 Å². The van der Waals surface area contributed by atoms with Gasteiger partial charge in [0.05, 0.1) is 19.3 Å². The number of nitrogens with two attached hydrogens (primary N) is 1. The van der Waals surface area contributed by atoms with Crippen LogP contribution in [0.4, 0.5) is 10.1 Å². The zero-order chi connectivity index (χ0) is 21.9. The Hall–Kier alpha value is -3.79. The summed E-state index contributed by atoms with van der Waals surface area (Å²) in [5.74, 6) is -2.72. The van der Waals surface area contributed by atoms with Crippen molar-refractivity contribution in [3.63, 3.8) is 0 Å². The molecule has 9 nitrogen and oxygen atoms in total. The van der Waals surface area contributed by atoms with Gasteiger partial charge in [-0.3, -0.25) is 24.7 Å². The van der Waals surface area contributed by atoms with E-state index >= 15 is 0 Å². The molecule has 5 N–H and O–H groups in total. The number of rotatable bonds is 6. The SMILES string of the molecule is CNC(=O)C1=NCNC1(C(N)=O)c1ccc(NC(=O)c2cccc(F)c2OC)cc1. The number of anilines is 1. The fourth-order valence-corrected chi connectivity index (χ4v) is 3.28. The predicted molar refractivity (Wildman–Crippen MR) is 108 cm³/mol. The van der Waals surface area contributed by atoms with Crippen molar-refractivity contribution in [1.29, 1.82) is 0 Å². The Morgan fingerprint density at radius 1 is 1.17 bits per heavy atom. The molecule has 0 bridgehead atoms. The van der Waals surface area contributed by atoms with Gasteiger partial charge in [-0.15, -0.1) is 0 Å². The van der Waals surface area contributed by atoms with Gasteiger partial charge in [-0.1, -0.05) is 18.2 Å². The number of carbonyl (C=O) groups is 3. The van der Waals surface area contributed by atoms with Gasteiger partial charge in [-0.05, 0) is 29.8 Å². The standard InChI is InChI=1S/C20H20FN5O4/c1-23-18(28)16-20(19(22)29,25-10-24-16)11-6-8-12(9-7-11)26-17(27)13-4-3-5-14(21)15(13)30-2/h3-9,25H,10H2,1-2H3,(H2,22,29)(H,23,28)(H,26,27). The van der Waals surface area contributed by atoms with E-state index in [2.05, 4.69) is 20.9 Å². The molecule has 2 aromatic carbocycles. The molecule has 0 saturated heterocycles. The number of benzene rings is 2. The van der Waals surface area contributed by atoms with Crippen LogP contribution in [0, 0.1) is 5.82 Å². The Labute approximate surface area is 171 Å². The summed E-state index contributed by atoms with van der Waals surface area (Å²) in [7, 11) is 2.70. The molecule has 156 valence electrons. The monoisotopic (exact) mass is 413 g/mol. The number of aliphatic imine (C=N–C) groups is 1. The molecule has 0 aliphatic carbocycles. The Balaban J connectivity index is 1.89. The number of hydrogen-bond acceptors (Lipinski definition) is 6. The molecule has 10 heteroatoms. The van der Waals surface area contributed by atoms with Crippen molar-refractivity contribution < 1.29 is 23.5 Å². The molecule has 3 amide bonds. The molecule has 0 aromatic heterocycles. The maximum atomic E-state index is 13.8. The molecule has 0 radical (unpaired) electrons. The number of amides is 3. The van der Waals surface area contributed by atoms with Crippen molar-refractivity contribution in [2.24, 2.45) is 10.7 Å². The van der Waals surface area contributed by atoms with E-state index in [1.807, 2.05) is 0 Å². The van der Waals surface area contributed by atoms with Gasteiger partial charge in [0.15, 0.2) is 17.1 Å². The lowest BCUT2D eigenvalue weighted by atomic mass is 9.84. The second kappa shape index (κ2) is 8.29. The predicted octanol–water partition coefficient (Wildman–Crippen LogP) is 0.515. The van der Waals surface area contributed by atoms with Gasteiger partial charge in [-0.2, -0.15) is 0 Å². The van der Waals surface area contributed by atoms with Gasteiger partial charge >= 0.3 is 0 Å². The molecule has 1 atom stereocenters. The molecule has 1 heterocycles. The summed E-state index contributed by atoms with van der Waals surface area (Å²) in [6, 6.07) is 10.2. The summed E-state index contributed by atoms with van der Waals surface area (Å²) in [5, 5.41) is 7.95. The molecule has 1 aliphatic heterocycles. The summed E-state index contributed by atoms with van der Waals surface area (Å²) in [6.07, 6.45) is 0. The smallest absolute Gasteiger partial charge is 0.267 e. The first kappa shape index (κ1) is 20.9. The summed E-state index contributed by atoms with van der Waals surface area (Å²) >= 11 is 0. The largest absolute Gasteiger partial charge is 0.493 e. The van der Waals surface area contributed by atoms with Crippen LogP contribution in [0.1, 0.15) is 15.9 Å². The topological polar surface area (TPSA) is 135 Å². The highest BCUT2D eigenvalue weighted by molar-refractivity contribution is 6.47. The average Bonchev–Trinajstić information content (AvgIpc) is 3.19. The van der Waals surface area contributed by atoms with Gasteiger partial charge in [0.1, 0.15) is 5.71 Å². The first-order valence-electron chi connectivity index (χ1n) is 8.91. The third kappa shape index (κ3) is 3.48. The Bertz CT molecular complexity index is 1040.